The quantitative estimate of drug-likeness (QED) is 0.190. The van der Waals surface area contributed by atoms with E-state index in [0.717, 1.165) is 40.7 Å². The molecule has 2 aromatic heterocycles. The molecular formula is C36H34N4O5S. The van der Waals surface area contributed by atoms with Gasteiger partial charge in [-0.15, -0.1) is 11.8 Å². The molecule has 7 rings (SSSR count). The maximum absolute atomic E-state index is 13.8. The van der Waals surface area contributed by atoms with Crippen molar-refractivity contribution < 1.29 is 19.4 Å². The first-order valence-corrected chi connectivity index (χ1v) is 16.1. The van der Waals surface area contributed by atoms with E-state index in [9.17, 15) is 14.7 Å². The van der Waals surface area contributed by atoms with E-state index >= 15 is 0 Å². The maximum atomic E-state index is 13.8. The first kappa shape index (κ1) is 29.9. The lowest BCUT2D eigenvalue weighted by Crippen LogP contribution is -2.37. The molecule has 2 atom stereocenters. The number of thioether (sulfide) groups is 1. The fourth-order valence-electron chi connectivity index (χ4n) is 5.94. The van der Waals surface area contributed by atoms with Crippen LogP contribution in [-0.4, -0.2) is 53.3 Å². The highest BCUT2D eigenvalue weighted by Crippen LogP contribution is 2.55. The molecule has 0 saturated carbocycles. The molecule has 3 aromatic carbocycles. The smallest absolute Gasteiger partial charge is 0.333 e. The third-order valence-electron chi connectivity index (χ3n) is 8.70. The highest BCUT2D eigenvalue weighted by atomic mass is 32.2. The molecule has 2 aliphatic heterocycles. The van der Waals surface area contributed by atoms with Gasteiger partial charge in [0.05, 0.1) is 16.4 Å². The number of hydrogen-bond acceptors (Lipinski definition) is 7. The molecule has 1 fully saturated rings. The zero-order valence-corrected chi connectivity index (χ0v) is 26.4. The van der Waals surface area contributed by atoms with Gasteiger partial charge in [0.1, 0.15) is 23.6 Å². The Labute approximate surface area is 270 Å². The summed E-state index contributed by atoms with van der Waals surface area (Å²) in [7, 11) is 1.77. The molecule has 0 bridgehead atoms. The van der Waals surface area contributed by atoms with Crippen LogP contribution in [0.1, 0.15) is 30.0 Å². The van der Waals surface area contributed by atoms with Crippen LogP contribution in [0.25, 0.3) is 22.3 Å². The van der Waals surface area contributed by atoms with Crippen molar-refractivity contribution in [2.24, 2.45) is 7.05 Å². The summed E-state index contributed by atoms with van der Waals surface area (Å²) in [5, 5.41) is 9.55. The number of ether oxygens (including phenoxy) is 2. The van der Waals surface area contributed by atoms with E-state index in [4.69, 9.17) is 14.5 Å². The average Bonchev–Trinajstić information content (AvgIpc) is 3.74. The van der Waals surface area contributed by atoms with E-state index < -0.39 is 10.7 Å². The number of pyridine rings is 1. The molecule has 1 unspecified atom stereocenters. The average molecular weight is 635 g/mol. The molecular weight excluding hydrogens is 600 g/mol. The number of aromatic nitrogens is 3. The van der Waals surface area contributed by atoms with Crippen LogP contribution in [0.3, 0.4) is 0 Å². The summed E-state index contributed by atoms with van der Waals surface area (Å²) >= 11 is 1.50. The molecule has 46 heavy (non-hydrogen) atoms. The lowest BCUT2D eigenvalue weighted by atomic mass is 9.98. The molecule has 2 aliphatic rings. The van der Waals surface area contributed by atoms with Crippen LogP contribution in [-0.2, 0) is 25.1 Å². The second-order valence-corrected chi connectivity index (χ2v) is 13.3. The largest absolute Gasteiger partial charge is 0.480 e. The molecule has 0 spiro atoms. The number of hydrogen-bond donors (Lipinski definition) is 1. The van der Waals surface area contributed by atoms with Crippen LogP contribution in [0.2, 0.25) is 0 Å². The Balaban J connectivity index is 1.19. The van der Waals surface area contributed by atoms with Gasteiger partial charge in [0.15, 0.2) is 0 Å². The summed E-state index contributed by atoms with van der Waals surface area (Å²) in [6, 6.07) is 29.3. The van der Waals surface area contributed by atoms with Gasteiger partial charge >= 0.3 is 11.7 Å². The van der Waals surface area contributed by atoms with Crippen LogP contribution < -0.4 is 15.2 Å². The standard InChI is InChI=1S/C36H34N4O5S/c1-36(34(41)42)33(46-36)39-19-17-26(18-20-39)27-13-14-28-30(21-27)38(2)35(43)40(28)29-15-16-31(44-22-24-9-5-3-6-10-24)37-32(29)45-23-25-11-7-4-8-12-25/h3-17,21,33H,18-20,22-23H2,1-2H3,(H,41,42)/t33?,36-/m1/s1. The van der Waals surface area contributed by atoms with Crippen molar-refractivity contribution in [2.75, 3.05) is 13.1 Å². The van der Waals surface area contributed by atoms with E-state index in [2.05, 4.69) is 17.0 Å². The molecule has 0 aliphatic carbocycles. The Morgan fingerprint density at radius 1 is 0.957 bits per heavy atom. The minimum Gasteiger partial charge on any atom is -0.480 e. The van der Waals surface area contributed by atoms with Gasteiger partial charge < -0.3 is 14.6 Å². The van der Waals surface area contributed by atoms with Crippen molar-refractivity contribution in [3.63, 3.8) is 0 Å². The molecule has 0 amide bonds. The third-order valence-corrected chi connectivity index (χ3v) is 10.3. The SMILES string of the molecule is Cn1c(=O)n(-c2ccc(OCc3ccccc3)nc2OCc2ccccc2)c2ccc(C3=CCN(C4S[C@@]4(C)C(=O)O)CC3)cc21. The Kier molecular flexibility index (Phi) is 7.92. The topological polar surface area (TPSA) is 98.8 Å². The number of carbonyl (C=O) groups is 1. The third kappa shape index (κ3) is 5.70. The summed E-state index contributed by atoms with van der Waals surface area (Å²) in [4.78, 5) is 32.3. The monoisotopic (exact) mass is 634 g/mol. The lowest BCUT2D eigenvalue weighted by molar-refractivity contribution is -0.139. The first-order chi connectivity index (χ1) is 22.3. The number of benzene rings is 3. The van der Waals surface area contributed by atoms with Crippen molar-refractivity contribution in [1.29, 1.82) is 0 Å². The summed E-state index contributed by atoms with van der Waals surface area (Å²) in [5.41, 5.74) is 6.09. The Bertz CT molecular complexity index is 2010. The summed E-state index contributed by atoms with van der Waals surface area (Å²) in [6.45, 7) is 3.91. The fourth-order valence-corrected chi connectivity index (χ4v) is 7.02. The minimum absolute atomic E-state index is 0.00201. The summed E-state index contributed by atoms with van der Waals surface area (Å²) in [6.07, 6.45) is 2.98. The number of fused-ring (bicyclic) bond motifs is 1. The highest BCUT2D eigenvalue weighted by Gasteiger charge is 2.60. The van der Waals surface area contributed by atoms with E-state index in [0.29, 0.717) is 30.6 Å². The van der Waals surface area contributed by atoms with E-state index in [1.54, 1.807) is 29.2 Å². The van der Waals surface area contributed by atoms with E-state index in [1.807, 2.05) is 78.9 Å². The zero-order valence-electron chi connectivity index (χ0n) is 25.6. The van der Waals surface area contributed by atoms with Crippen molar-refractivity contribution in [3.05, 3.63) is 124 Å². The van der Waals surface area contributed by atoms with Crippen LogP contribution in [0.4, 0.5) is 0 Å². The van der Waals surface area contributed by atoms with Crippen LogP contribution in [0, 0.1) is 0 Å². The van der Waals surface area contributed by atoms with Crippen LogP contribution in [0.15, 0.2) is 102 Å². The van der Waals surface area contributed by atoms with Gasteiger partial charge in [-0.25, -0.2) is 4.79 Å². The first-order valence-electron chi connectivity index (χ1n) is 15.2. The number of aryl methyl sites for hydroxylation is 1. The second kappa shape index (κ2) is 12.2. The van der Waals surface area contributed by atoms with Gasteiger partial charge in [0.25, 0.3) is 0 Å². The molecule has 234 valence electrons. The molecule has 4 heterocycles. The molecule has 5 aromatic rings. The van der Waals surface area contributed by atoms with Crippen LogP contribution >= 0.6 is 11.8 Å². The summed E-state index contributed by atoms with van der Waals surface area (Å²) < 4.78 is 14.8. The second-order valence-electron chi connectivity index (χ2n) is 11.8. The number of nitrogens with zero attached hydrogens (tertiary/aromatic N) is 4. The predicted molar refractivity (Wildman–Crippen MR) is 179 cm³/mol. The number of imidazole rings is 1. The summed E-state index contributed by atoms with van der Waals surface area (Å²) in [5.74, 6) is -0.0569. The normalized spacial score (nSPS) is 19.5. The predicted octanol–water partition coefficient (Wildman–Crippen LogP) is 5.89. The zero-order chi connectivity index (χ0) is 31.8. The Morgan fingerprint density at radius 3 is 2.28 bits per heavy atom. The van der Waals surface area contributed by atoms with Gasteiger partial charge in [0.2, 0.25) is 11.8 Å². The Morgan fingerprint density at radius 2 is 1.65 bits per heavy atom. The highest BCUT2D eigenvalue weighted by molar-refractivity contribution is 8.09. The molecule has 10 heteroatoms. The molecule has 1 N–H and O–H groups in total. The molecule has 9 nitrogen and oxygen atoms in total. The van der Waals surface area contributed by atoms with Crippen molar-refractivity contribution in [3.8, 4) is 17.4 Å². The lowest BCUT2D eigenvalue weighted by Gasteiger charge is -2.26. The van der Waals surface area contributed by atoms with Crippen molar-refractivity contribution in [2.45, 2.75) is 36.7 Å². The minimum atomic E-state index is -0.758. The van der Waals surface area contributed by atoms with Crippen molar-refractivity contribution >= 4 is 34.3 Å². The van der Waals surface area contributed by atoms with Gasteiger partial charge in [0, 0.05) is 26.2 Å². The number of carboxylic acids is 1. The maximum Gasteiger partial charge on any atom is 0.333 e. The number of carboxylic acid groups (broad SMARTS) is 1. The Hall–Kier alpha value is -4.80. The van der Waals surface area contributed by atoms with Gasteiger partial charge in [-0.1, -0.05) is 72.8 Å². The number of aliphatic carboxylic acids is 1. The van der Waals surface area contributed by atoms with Gasteiger partial charge in [-0.2, -0.15) is 4.98 Å². The van der Waals surface area contributed by atoms with Gasteiger partial charge in [-0.05, 0) is 53.8 Å². The molecule has 1 saturated heterocycles. The fraction of sp³-hybridized carbons (Fsp3) is 0.250. The molecule has 0 radical (unpaired) electrons. The van der Waals surface area contributed by atoms with E-state index in [1.165, 1.54) is 17.3 Å². The number of rotatable bonds is 10. The van der Waals surface area contributed by atoms with E-state index in [-0.39, 0.29) is 17.7 Å². The van der Waals surface area contributed by atoms with Crippen molar-refractivity contribution in [1.82, 2.24) is 19.0 Å². The van der Waals surface area contributed by atoms with Crippen LogP contribution in [0.5, 0.6) is 11.8 Å². The van der Waals surface area contributed by atoms with Gasteiger partial charge in [-0.3, -0.25) is 18.8 Å².